The molecule has 0 bridgehead atoms. The summed E-state index contributed by atoms with van der Waals surface area (Å²) in [5.74, 6) is -1.76. The zero-order valence-electron chi connectivity index (χ0n) is 19.3. The first kappa shape index (κ1) is 25.2. The number of hydrogen-bond donors (Lipinski definition) is 1. The Labute approximate surface area is 188 Å². The molecule has 1 fully saturated rings. The van der Waals surface area contributed by atoms with Gasteiger partial charge in [0.05, 0.1) is 26.2 Å². The lowest BCUT2D eigenvalue weighted by Crippen LogP contribution is -2.58. The lowest BCUT2D eigenvalue weighted by molar-refractivity contribution is -0.152. The minimum absolute atomic E-state index is 0.0298. The summed E-state index contributed by atoms with van der Waals surface area (Å²) in [4.78, 5) is 52.6. The molecule has 1 N–H and O–H groups in total. The fraction of sp³-hybridized carbons (Fsp3) is 0.565. The van der Waals surface area contributed by atoms with E-state index in [0.29, 0.717) is 0 Å². The maximum absolute atomic E-state index is 13.1. The molecule has 2 amide bonds. The van der Waals surface area contributed by atoms with Gasteiger partial charge in [-0.05, 0) is 40.2 Å². The van der Waals surface area contributed by atoms with Crippen molar-refractivity contribution in [3.8, 4) is 0 Å². The van der Waals surface area contributed by atoms with E-state index in [4.69, 9.17) is 14.2 Å². The first-order valence-electron chi connectivity index (χ1n) is 10.7. The van der Waals surface area contributed by atoms with Gasteiger partial charge in [0.15, 0.2) is 5.54 Å². The third kappa shape index (κ3) is 6.45. The van der Waals surface area contributed by atoms with Crippen LogP contribution in [-0.2, 0) is 35.0 Å². The summed E-state index contributed by atoms with van der Waals surface area (Å²) >= 11 is 0. The Kier molecular flexibility index (Phi) is 8.24. The number of likely N-dealkylation sites (tertiary alicyclic amines) is 1. The molecule has 1 aromatic rings. The molecule has 2 atom stereocenters. The van der Waals surface area contributed by atoms with Crippen molar-refractivity contribution in [3.63, 3.8) is 0 Å². The van der Waals surface area contributed by atoms with Crippen LogP contribution in [-0.4, -0.2) is 65.8 Å². The number of esters is 2. The Balaban J connectivity index is 2.36. The van der Waals surface area contributed by atoms with Crippen LogP contribution < -0.4 is 5.32 Å². The molecular weight excluding hydrogens is 416 g/mol. The highest BCUT2D eigenvalue weighted by molar-refractivity contribution is 5.93. The second-order valence-corrected chi connectivity index (χ2v) is 8.59. The second kappa shape index (κ2) is 10.5. The van der Waals surface area contributed by atoms with Gasteiger partial charge >= 0.3 is 18.0 Å². The van der Waals surface area contributed by atoms with Crippen LogP contribution in [0, 0.1) is 0 Å². The van der Waals surface area contributed by atoms with E-state index in [-0.39, 0.29) is 38.5 Å². The molecule has 32 heavy (non-hydrogen) atoms. The van der Waals surface area contributed by atoms with Crippen molar-refractivity contribution in [3.05, 3.63) is 35.9 Å². The monoisotopic (exact) mass is 448 g/mol. The summed E-state index contributed by atoms with van der Waals surface area (Å²) in [6.07, 6.45) is -0.988. The van der Waals surface area contributed by atoms with E-state index in [1.807, 2.05) is 18.2 Å². The Hall–Kier alpha value is -3.10. The predicted molar refractivity (Wildman–Crippen MR) is 116 cm³/mol. The van der Waals surface area contributed by atoms with Gasteiger partial charge < -0.3 is 24.4 Å². The van der Waals surface area contributed by atoms with E-state index in [9.17, 15) is 19.2 Å². The lowest BCUT2D eigenvalue weighted by atomic mass is 9.96. The van der Waals surface area contributed by atoms with Crippen LogP contribution in [0.2, 0.25) is 0 Å². The fourth-order valence-corrected chi connectivity index (χ4v) is 3.55. The van der Waals surface area contributed by atoms with Crippen molar-refractivity contribution in [1.82, 2.24) is 10.2 Å². The third-order valence-electron chi connectivity index (χ3n) is 4.84. The van der Waals surface area contributed by atoms with Gasteiger partial charge in [0, 0.05) is 6.42 Å². The van der Waals surface area contributed by atoms with Crippen LogP contribution in [0.5, 0.6) is 0 Å². The van der Waals surface area contributed by atoms with E-state index in [1.54, 1.807) is 46.8 Å². The van der Waals surface area contributed by atoms with Gasteiger partial charge in [0.25, 0.3) is 0 Å². The summed E-state index contributed by atoms with van der Waals surface area (Å²) in [6, 6.07) is 7.99. The van der Waals surface area contributed by atoms with Crippen molar-refractivity contribution in [2.24, 2.45) is 0 Å². The molecule has 0 saturated carbocycles. The zero-order chi connectivity index (χ0) is 23.9. The minimum Gasteiger partial charge on any atom is -0.464 e. The standard InChI is InChI=1S/C23H32N2O7/c1-6-30-19(27)17-14-23(20(28)31-7-2,24-21(29)32-22(3,4)5)15-25(17)18(26)13-16-11-9-8-10-12-16/h8-12,17H,6-7,13-15H2,1-5H3,(H,24,29). The minimum atomic E-state index is -1.64. The van der Waals surface area contributed by atoms with Crippen LogP contribution in [0.15, 0.2) is 30.3 Å². The van der Waals surface area contributed by atoms with E-state index in [0.717, 1.165) is 5.56 Å². The Bertz CT molecular complexity index is 834. The molecule has 1 saturated heterocycles. The molecule has 176 valence electrons. The largest absolute Gasteiger partial charge is 0.464 e. The number of benzene rings is 1. The van der Waals surface area contributed by atoms with Gasteiger partial charge in [0.1, 0.15) is 11.6 Å². The van der Waals surface area contributed by atoms with Gasteiger partial charge in [0.2, 0.25) is 5.91 Å². The van der Waals surface area contributed by atoms with Gasteiger partial charge in [-0.25, -0.2) is 14.4 Å². The Morgan fingerprint density at radius 1 is 1.06 bits per heavy atom. The van der Waals surface area contributed by atoms with Crippen LogP contribution in [0.4, 0.5) is 4.79 Å². The predicted octanol–water partition coefficient (Wildman–Crippen LogP) is 2.22. The first-order valence-corrected chi connectivity index (χ1v) is 10.7. The maximum Gasteiger partial charge on any atom is 0.408 e. The number of hydrogen-bond acceptors (Lipinski definition) is 7. The molecule has 1 aliphatic rings. The summed E-state index contributed by atoms with van der Waals surface area (Å²) in [5, 5.41) is 2.57. The molecular formula is C23H32N2O7. The van der Waals surface area contributed by atoms with Crippen molar-refractivity contribution in [1.29, 1.82) is 0 Å². The number of carbonyl (C=O) groups excluding carboxylic acids is 4. The zero-order valence-corrected chi connectivity index (χ0v) is 19.3. The summed E-state index contributed by atoms with van der Waals surface area (Å²) in [5.41, 5.74) is -1.68. The molecule has 0 aromatic heterocycles. The third-order valence-corrected chi connectivity index (χ3v) is 4.84. The average Bonchev–Trinajstić information content (AvgIpc) is 3.08. The molecule has 1 aliphatic heterocycles. The van der Waals surface area contributed by atoms with Crippen LogP contribution >= 0.6 is 0 Å². The number of amides is 2. The molecule has 9 nitrogen and oxygen atoms in total. The summed E-state index contributed by atoms with van der Waals surface area (Å²) in [7, 11) is 0. The Morgan fingerprint density at radius 3 is 2.25 bits per heavy atom. The quantitative estimate of drug-likeness (QED) is 0.503. The summed E-state index contributed by atoms with van der Waals surface area (Å²) < 4.78 is 15.7. The van der Waals surface area contributed by atoms with Gasteiger partial charge in [-0.15, -0.1) is 0 Å². The van der Waals surface area contributed by atoms with E-state index < -0.39 is 35.2 Å². The lowest BCUT2D eigenvalue weighted by Gasteiger charge is -2.29. The van der Waals surface area contributed by atoms with E-state index in [2.05, 4.69) is 5.32 Å². The van der Waals surface area contributed by atoms with Crippen LogP contribution in [0.1, 0.15) is 46.6 Å². The molecule has 2 unspecified atom stereocenters. The van der Waals surface area contributed by atoms with Crippen molar-refractivity contribution in [2.75, 3.05) is 19.8 Å². The molecule has 9 heteroatoms. The highest BCUT2D eigenvalue weighted by Gasteiger charge is 2.56. The SMILES string of the molecule is CCOC(=O)C1CC(NC(=O)OC(C)(C)C)(C(=O)OCC)CN1C(=O)Cc1ccccc1. The van der Waals surface area contributed by atoms with Crippen LogP contribution in [0.3, 0.4) is 0 Å². The molecule has 0 spiro atoms. The number of alkyl carbamates (subject to hydrolysis) is 1. The average molecular weight is 449 g/mol. The number of rotatable bonds is 7. The first-order chi connectivity index (χ1) is 15.0. The maximum atomic E-state index is 13.1. The second-order valence-electron chi connectivity index (χ2n) is 8.59. The van der Waals surface area contributed by atoms with Crippen molar-refractivity contribution in [2.45, 2.75) is 64.6 Å². The van der Waals surface area contributed by atoms with Crippen molar-refractivity contribution >= 4 is 23.9 Å². The van der Waals surface area contributed by atoms with Crippen molar-refractivity contribution < 1.29 is 33.4 Å². The number of ether oxygens (including phenoxy) is 3. The molecule has 1 heterocycles. The molecule has 0 radical (unpaired) electrons. The van der Waals surface area contributed by atoms with E-state index >= 15 is 0 Å². The fourth-order valence-electron chi connectivity index (χ4n) is 3.55. The normalized spacial score (nSPS) is 20.4. The molecule has 2 rings (SSSR count). The topological polar surface area (TPSA) is 111 Å². The van der Waals surface area contributed by atoms with Gasteiger partial charge in [-0.1, -0.05) is 30.3 Å². The highest BCUT2D eigenvalue weighted by atomic mass is 16.6. The number of carbonyl (C=O) groups is 4. The number of nitrogens with zero attached hydrogens (tertiary/aromatic N) is 1. The van der Waals surface area contributed by atoms with Gasteiger partial charge in [-0.3, -0.25) is 4.79 Å². The van der Waals surface area contributed by atoms with E-state index in [1.165, 1.54) is 4.90 Å². The van der Waals surface area contributed by atoms with Crippen LogP contribution in [0.25, 0.3) is 0 Å². The Morgan fingerprint density at radius 2 is 1.69 bits per heavy atom. The number of nitrogens with one attached hydrogen (secondary N) is 1. The highest BCUT2D eigenvalue weighted by Crippen LogP contribution is 2.31. The summed E-state index contributed by atoms with van der Waals surface area (Å²) in [6.45, 7) is 8.30. The molecule has 0 aliphatic carbocycles. The molecule has 1 aromatic carbocycles. The van der Waals surface area contributed by atoms with Gasteiger partial charge in [-0.2, -0.15) is 0 Å². The smallest absolute Gasteiger partial charge is 0.408 e.